The molecule has 3 rings (SSSR count). The van der Waals surface area contributed by atoms with Crippen molar-refractivity contribution in [3.8, 4) is 0 Å². The molecule has 0 radical (unpaired) electrons. The lowest BCUT2D eigenvalue weighted by Gasteiger charge is -2.17. The van der Waals surface area contributed by atoms with Crippen LogP contribution in [0.25, 0.3) is 0 Å². The molecule has 0 heterocycles. The first-order valence-corrected chi connectivity index (χ1v) is 8.66. The van der Waals surface area contributed by atoms with Gasteiger partial charge in [0, 0.05) is 4.47 Å². The first-order valence-electron chi connectivity index (χ1n) is 6.21. The molecule has 3 atom stereocenters. The number of halogens is 1. The highest BCUT2D eigenvalue weighted by Gasteiger charge is 2.38. The lowest BCUT2D eigenvalue weighted by molar-refractivity contribution is 0.484. The molecule has 2 aliphatic rings. The second-order valence-electron chi connectivity index (χ2n) is 5.28. The first-order chi connectivity index (χ1) is 8.54. The second kappa shape index (κ2) is 4.49. The Morgan fingerprint density at radius 1 is 1.11 bits per heavy atom. The Hall–Kier alpha value is -0.610. The molecular weight excluding hydrogens is 312 g/mol. The topological polar surface area (TPSA) is 34.1 Å². The van der Waals surface area contributed by atoms with E-state index in [0.29, 0.717) is 28.4 Å². The van der Waals surface area contributed by atoms with Gasteiger partial charge in [0.05, 0.1) is 10.6 Å². The van der Waals surface area contributed by atoms with Gasteiger partial charge in [-0.1, -0.05) is 28.1 Å². The Bertz CT molecular complexity index is 574. The van der Waals surface area contributed by atoms with E-state index in [9.17, 15) is 8.42 Å². The predicted octanol–water partition coefficient (Wildman–Crippen LogP) is 3.44. The molecule has 96 valence electrons. The molecule has 1 saturated carbocycles. The normalized spacial score (nSPS) is 29.9. The van der Waals surface area contributed by atoms with Crippen LogP contribution in [0.5, 0.6) is 0 Å². The third kappa shape index (κ3) is 2.28. The fourth-order valence-electron chi connectivity index (χ4n) is 3.11. The van der Waals surface area contributed by atoms with Gasteiger partial charge in [-0.05, 0) is 54.9 Å². The first kappa shape index (κ1) is 12.4. The van der Waals surface area contributed by atoms with Crippen LogP contribution in [0.3, 0.4) is 0 Å². The van der Waals surface area contributed by atoms with Crippen LogP contribution in [0.2, 0.25) is 0 Å². The van der Waals surface area contributed by atoms with E-state index in [2.05, 4.69) is 28.1 Å². The number of rotatable bonds is 3. The molecule has 2 bridgehead atoms. The van der Waals surface area contributed by atoms with Crippen LogP contribution in [0, 0.1) is 17.8 Å². The smallest absolute Gasteiger partial charge is 0.178 e. The standard InChI is InChI=1S/C14H15BrO2S/c15-13-3-5-14(6-4-13)18(16,17)9-12-8-10-1-2-11(12)7-10/h1-6,10-12H,7-9H2/t10-,11-,12+/m0/s1. The molecule has 0 amide bonds. The highest BCUT2D eigenvalue weighted by Crippen LogP contribution is 2.44. The summed E-state index contributed by atoms with van der Waals surface area (Å²) in [6, 6.07) is 6.94. The molecule has 0 spiro atoms. The lowest BCUT2D eigenvalue weighted by atomic mass is 9.96. The molecule has 0 N–H and O–H groups in total. The Balaban J connectivity index is 1.79. The summed E-state index contributed by atoms with van der Waals surface area (Å²) in [7, 11) is -3.14. The zero-order chi connectivity index (χ0) is 12.8. The molecule has 18 heavy (non-hydrogen) atoms. The molecule has 0 aliphatic heterocycles. The lowest BCUT2D eigenvalue weighted by Crippen LogP contribution is -2.19. The summed E-state index contributed by atoms with van der Waals surface area (Å²) in [6.07, 6.45) is 6.64. The van der Waals surface area contributed by atoms with Crippen molar-refractivity contribution >= 4 is 25.8 Å². The maximum atomic E-state index is 12.3. The summed E-state index contributed by atoms with van der Waals surface area (Å²) in [4.78, 5) is 0.442. The van der Waals surface area contributed by atoms with Crippen molar-refractivity contribution in [2.24, 2.45) is 17.8 Å². The minimum atomic E-state index is -3.14. The zero-order valence-corrected chi connectivity index (χ0v) is 12.3. The third-order valence-corrected chi connectivity index (χ3v) is 6.41. The molecule has 0 saturated heterocycles. The molecule has 0 aromatic heterocycles. The van der Waals surface area contributed by atoms with Gasteiger partial charge in [-0.3, -0.25) is 0 Å². The van der Waals surface area contributed by atoms with Gasteiger partial charge in [-0.15, -0.1) is 0 Å². The average molecular weight is 327 g/mol. The van der Waals surface area contributed by atoms with E-state index in [1.807, 2.05) is 0 Å². The summed E-state index contributed by atoms with van der Waals surface area (Å²) in [5, 5.41) is 0. The molecule has 2 aliphatic carbocycles. The quantitative estimate of drug-likeness (QED) is 0.797. The molecule has 1 aromatic carbocycles. The van der Waals surface area contributed by atoms with Crippen molar-refractivity contribution in [2.75, 3.05) is 5.75 Å². The van der Waals surface area contributed by atoms with Gasteiger partial charge in [-0.2, -0.15) is 0 Å². The Labute approximate surface area is 116 Å². The molecule has 2 nitrogen and oxygen atoms in total. The minimum absolute atomic E-state index is 0.292. The number of hydrogen-bond donors (Lipinski definition) is 0. The number of benzene rings is 1. The van der Waals surface area contributed by atoms with Crippen LogP contribution < -0.4 is 0 Å². The van der Waals surface area contributed by atoms with Gasteiger partial charge in [0.15, 0.2) is 9.84 Å². The van der Waals surface area contributed by atoms with E-state index in [4.69, 9.17) is 0 Å². The summed E-state index contributed by atoms with van der Waals surface area (Å²) >= 11 is 3.32. The van der Waals surface area contributed by atoms with Crippen LogP contribution in [0.15, 0.2) is 45.8 Å². The Morgan fingerprint density at radius 3 is 2.39 bits per heavy atom. The summed E-state index contributed by atoms with van der Waals surface area (Å²) in [6.45, 7) is 0. The van der Waals surface area contributed by atoms with E-state index in [1.54, 1.807) is 24.3 Å². The molecule has 1 fully saturated rings. The van der Waals surface area contributed by atoms with Crippen LogP contribution in [-0.2, 0) is 9.84 Å². The van der Waals surface area contributed by atoms with Crippen molar-refractivity contribution in [3.63, 3.8) is 0 Å². The zero-order valence-electron chi connectivity index (χ0n) is 9.92. The molecule has 1 aromatic rings. The highest BCUT2D eigenvalue weighted by atomic mass is 79.9. The van der Waals surface area contributed by atoms with E-state index in [0.717, 1.165) is 17.3 Å². The van der Waals surface area contributed by atoms with E-state index >= 15 is 0 Å². The predicted molar refractivity (Wildman–Crippen MR) is 75.0 cm³/mol. The summed E-state index contributed by atoms with van der Waals surface area (Å²) < 4.78 is 25.6. The number of allylic oxidation sites excluding steroid dienone is 2. The van der Waals surface area contributed by atoms with Crippen LogP contribution >= 0.6 is 15.9 Å². The largest absolute Gasteiger partial charge is 0.224 e. The SMILES string of the molecule is O=S(=O)(C[C@H]1C[C@H]2C=C[C@H]1C2)c1ccc(Br)cc1. The Kier molecular flexibility index (Phi) is 3.10. The van der Waals surface area contributed by atoms with Gasteiger partial charge >= 0.3 is 0 Å². The maximum absolute atomic E-state index is 12.3. The van der Waals surface area contributed by atoms with Crippen molar-refractivity contribution < 1.29 is 8.42 Å². The maximum Gasteiger partial charge on any atom is 0.178 e. The van der Waals surface area contributed by atoms with Gasteiger partial charge in [0.1, 0.15) is 0 Å². The van der Waals surface area contributed by atoms with Gasteiger partial charge < -0.3 is 0 Å². The molecular formula is C14H15BrO2S. The van der Waals surface area contributed by atoms with E-state index in [1.165, 1.54) is 0 Å². The summed E-state index contributed by atoms with van der Waals surface area (Å²) in [5.41, 5.74) is 0. The van der Waals surface area contributed by atoms with Crippen LogP contribution in [0.1, 0.15) is 12.8 Å². The van der Waals surface area contributed by atoms with Crippen molar-refractivity contribution in [1.82, 2.24) is 0 Å². The van der Waals surface area contributed by atoms with Crippen LogP contribution in [-0.4, -0.2) is 14.2 Å². The third-order valence-electron chi connectivity index (χ3n) is 4.02. The van der Waals surface area contributed by atoms with Gasteiger partial charge in [-0.25, -0.2) is 8.42 Å². The van der Waals surface area contributed by atoms with Crippen molar-refractivity contribution in [3.05, 3.63) is 40.9 Å². The average Bonchev–Trinajstić information content (AvgIpc) is 2.91. The van der Waals surface area contributed by atoms with Crippen LogP contribution in [0.4, 0.5) is 0 Å². The number of sulfone groups is 1. The van der Waals surface area contributed by atoms with Crippen molar-refractivity contribution in [2.45, 2.75) is 17.7 Å². The molecule has 0 unspecified atom stereocenters. The fourth-order valence-corrected chi connectivity index (χ4v) is 5.06. The summed E-state index contributed by atoms with van der Waals surface area (Å²) in [5.74, 6) is 1.72. The molecule has 4 heteroatoms. The van der Waals surface area contributed by atoms with E-state index < -0.39 is 9.84 Å². The van der Waals surface area contributed by atoms with Gasteiger partial charge in [0.25, 0.3) is 0 Å². The van der Waals surface area contributed by atoms with Crippen molar-refractivity contribution in [1.29, 1.82) is 0 Å². The minimum Gasteiger partial charge on any atom is -0.224 e. The van der Waals surface area contributed by atoms with Gasteiger partial charge in [0.2, 0.25) is 0 Å². The number of hydrogen-bond acceptors (Lipinski definition) is 2. The monoisotopic (exact) mass is 326 g/mol. The number of fused-ring (bicyclic) bond motifs is 2. The second-order valence-corrected chi connectivity index (χ2v) is 8.23. The Morgan fingerprint density at radius 2 is 1.83 bits per heavy atom. The highest BCUT2D eigenvalue weighted by molar-refractivity contribution is 9.10. The van der Waals surface area contributed by atoms with E-state index in [-0.39, 0.29) is 0 Å². The fraction of sp³-hybridized carbons (Fsp3) is 0.429.